The van der Waals surface area contributed by atoms with E-state index in [-0.39, 0.29) is 29.3 Å². The fraction of sp³-hybridized carbons (Fsp3) is 0.421. The van der Waals surface area contributed by atoms with Crippen LogP contribution in [0.15, 0.2) is 55.6 Å². The molecule has 0 N–H and O–H groups in total. The predicted octanol–water partition coefficient (Wildman–Crippen LogP) is 3.93. The summed E-state index contributed by atoms with van der Waals surface area (Å²) in [5, 5.41) is 0. The first-order chi connectivity index (χ1) is 10.2. The van der Waals surface area contributed by atoms with Crippen LogP contribution in [0.3, 0.4) is 0 Å². The van der Waals surface area contributed by atoms with Crippen molar-refractivity contribution < 1.29 is 9.53 Å². The Morgan fingerprint density at radius 2 is 1.76 bits per heavy atom. The minimum Gasteiger partial charge on any atom is -0.458 e. The summed E-state index contributed by atoms with van der Waals surface area (Å²) >= 11 is 0. The van der Waals surface area contributed by atoms with Gasteiger partial charge < -0.3 is 4.74 Å². The molecule has 21 heavy (non-hydrogen) atoms. The topological polar surface area (TPSA) is 26.3 Å². The van der Waals surface area contributed by atoms with Gasteiger partial charge in [0.1, 0.15) is 5.60 Å². The summed E-state index contributed by atoms with van der Waals surface area (Å²) in [7, 11) is 0. The van der Waals surface area contributed by atoms with Gasteiger partial charge in [-0.1, -0.05) is 42.5 Å². The zero-order chi connectivity index (χ0) is 14.9. The number of esters is 1. The van der Waals surface area contributed by atoms with Crippen molar-refractivity contribution in [3.63, 3.8) is 0 Å². The van der Waals surface area contributed by atoms with Gasteiger partial charge in [-0.2, -0.15) is 0 Å². The Balaban J connectivity index is 1.82. The zero-order valence-corrected chi connectivity index (χ0v) is 12.3. The second-order valence-corrected chi connectivity index (χ2v) is 6.23. The molecule has 1 aromatic rings. The molecular formula is C19H22O2. The van der Waals surface area contributed by atoms with Crippen LogP contribution in [0, 0.1) is 17.8 Å². The van der Waals surface area contributed by atoms with Crippen LogP contribution < -0.4 is 0 Å². The number of benzene rings is 1. The van der Waals surface area contributed by atoms with Gasteiger partial charge in [0.15, 0.2) is 0 Å². The molecule has 3 atom stereocenters. The number of rotatable bonds is 4. The first-order valence-electron chi connectivity index (χ1n) is 7.71. The number of hydrogen-bond donors (Lipinski definition) is 0. The second-order valence-electron chi connectivity index (χ2n) is 6.23. The van der Waals surface area contributed by atoms with Gasteiger partial charge in [-0.3, -0.25) is 4.79 Å². The van der Waals surface area contributed by atoms with Gasteiger partial charge in [0.25, 0.3) is 0 Å². The molecule has 2 fully saturated rings. The average Bonchev–Trinajstić information content (AvgIpc) is 3.00. The van der Waals surface area contributed by atoms with Gasteiger partial charge in [-0.15, -0.1) is 13.2 Å². The molecule has 1 saturated heterocycles. The van der Waals surface area contributed by atoms with Crippen LogP contribution in [0.2, 0.25) is 0 Å². The van der Waals surface area contributed by atoms with E-state index in [1.165, 1.54) is 5.56 Å². The second kappa shape index (κ2) is 5.51. The molecule has 1 aromatic carbocycles. The third-order valence-corrected chi connectivity index (χ3v) is 5.13. The molecule has 3 rings (SSSR count). The first kappa shape index (κ1) is 14.1. The van der Waals surface area contributed by atoms with E-state index in [1.54, 1.807) is 0 Å². The third kappa shape index (κ3) is 2.33. The van der Waals surface area contributed by atoms with Gasteiger partial charge >= 0.3 is 5.97 Å². The summed E-state index contributed by atoms with van der Waals surface area (Å²) < 4.78 is 5.92. The van der Waals surface area contributed by atoms with Crippen LogP contribution in [0.1, 0.15) is 24.8 Å². The van der Waals surface area contributed by atoms with E-state index in [0.29, 0.717) is 0 Å². The van der Waals surface area contributed by atoms with Gasteiger partial charge in [-0.25, -0.2) is 0 Å². The van der Waals surface area contributed by atoms with Crippen LogP contribution >= 0.6 is 0 Å². The summed E-state index contributed by atoms with van der Waals surface area (Å²) in [4.78, 5) is 12.4. The molecular weight excluding hydrogens is 260 g/mol. The molecule has 1 spiro atoms. The maximum absolute atomic E-state index is 12.4. The Morgan fingerprint density at radius 3 is 2.33 bits per heavy atom. The largest absolute Gasteiger partial charge is 0.458 e. The number of ether oxygens (including phenoxy) is 1. The molecule has 0 aromatic heterocycles. The Morgan fingerprint density at radius 1 is 1.14 bits per heavy atom. The molecule has 2 aliphatic rings. The molecule has 1 saturated carbocycles. The van der Waals surface area contributed by atoms with Crippen molar-refractivity contribution in [1.82, 2.24) is 0 Å². The normalized spacial score (nSPS) is 30.3. The van der Waals surface area contributed by atoms with E-state index in [1.807, 2.05) is 30.4 Å². The SMILES string of the molecule is C=C[C@@H]1CC[C@@H](C=C)C12C[C@H](Cc1ccccc1)C(=O)O2. The van der Waals surface area contributed by atoms with Gasteiger partial charge in [-0.05, 0) is 24.8 Å². The molecule has 0 unspecified atom stereocenters. The molecule has 2 heteroatoms. The highest BCUT2D eigenvalue weighted by atomic mass is 16.6. The third-order valence-electron chi connectivity index (χ3n) is 5.13. The van der Waals surface area contributed by atoms with E-state index >= 15 is 0 Å². The average molecular weight is 282 g/mol. The van der Waals surface area contributed by atoms with E-state index in [4.69, 9.17) is 4.74 Å². The lowest BCUT2D eigenvalue weighted by Crippen LogP contribution is -2.38. The summed E-state index contributed by atoms with van der Waals surface area (Å²) in [6.45, 7) is 7.88. The summed E-state index contributed by atoms with van der Waals surface area (Å²) in [5.74, 6) is 0.408. The van der Waals surface area contributed by atoms with Crippen molar-refractivity contribution in [3.05, 3.63) is 61.2 Å². The highest BCUT2D eigenvalue weighted by Gasteiger charge is 2.57. The molecule has 1 aliphatic heterocycles. The Labute approximate surface area is 126 Å². The predicted molar refractivity (Wildman–Crippen MR) is 83.7 cm³/mol. The van der Waals surface area contributed by atoms with Gasteiger partial charge in [0, 0.05) is 18.3 Å². The fourth-order valence-corrected chi connectivity index (χ4v) is 4.05. The van der Waals surface area contributed by atoms with Crippen LogP contribution in [-0.4, -0.2) is 11.6 Å². The van der Waals surface area contributed by atoms with Crippen molar-refractivity contribution >= 4 is 5.97 Å². The standard InChI is InChI=1S/C19H22O2/c1-3-16-10-11-17(4-2)19(16)13-15(18(20)21-19)12-14-8-6-5-7-9-14/h3-9,15-17H,1-2,10-13H2/t15-,16+,17+/m0/s1. The number of carbonyl (C=O) groups is 1. The van der Waals surface area contributed by atoms with Crippen LogP contribution in [0.25, 0.3) is 0 Å². The molecule has 1 heterocycles. The number of carbonyl (C=O) groups excluding carboxylic acids is 1. The molecule has 1 aliphatic carbocycles. The summed E-state index contributed by atoms with van der Waals surface area (Å²) in [6, 6.07) is 10.2. The molecule has 110 valence electrons. The van der Waals surface area contributed by atoms with Crippen LogP contribution in [-0.2, 0) is 16.0 Å². The minimum absolute atomic E-state index is 0.0459. The molecule has 0 radical (unpaired) electrons. The van der Waals surface area contributed by atoms with Crippen LogP contribution in [0.4, 0.5) is 0 Å². The molecule has 0 amide bonds. The summed E-state index contributed by atoms with van der Waals surface area (Å²) in [5.41, 5.74) is 0.805. The Bertz CT molecular complexity index is 530. The van der Waals surface area contributed by atoms with Crippen molar-refractivity contribution in [3.8, 4) is 0 Å². The van der Waals surface area contributed by atoms with E-state index in [2.05, 4.69) is 25.3 Å². The number of hydrogen-bond acceptors (Lipinski definition) is 2. The smallest absolute Gasteiger partial charge is 0.310 e. The minimum atomic E-state index is -0.389. The lowest BCUT2D eigenvalue weighted by Gasteiger charge is -2.32. The van der Waals surface area contributed by atoms with Gasteiger partial charge in [0.2, 0.25) is 0 Å². The zero-order valence-electron chi connectivity index (χ0n) is 12.3. The van der Waals surface area contributed by atoms with Crippen molar-refractivity contribution in [1.29, 1.82) is 0 Å². The van der Waals surface area contributed by atoms with Gasteiger partial charge in [0.05, 0.1) is 5.92 Å². The monoisotopic (exact) mass is 282 g/mol. The Hall–Kier alpha value is -1.83. The highest BCUT2D eigenvalue weighted by Crippen LogP contribution is 2.52. The van der Waals surface area contributed by atoms with E-state index in [9.17, 15) is 4.79 Å². The quantitative estimate of drug-likeness (QED) is 0.618. The van der Waals surface area contributed by atoms with Crippen LogP contribution in [0.5, 0.6) is 0 Å². The fourth-order valence-electron chi connectivity index (χ4n) is 4.05. The van der Waals surface area contributed by atoms with E-state index < -0.39 is 0 Å². The lowest BCUT2D eigenvalue weighted by atomic mass is 9.78. The Kier molecular flexibility index (Phi) is 3.71. The highest BCUT2D eigenvalue weighted by molar-refractivity contribution is 5.76. The summed E-state index contributed by atoms with van der Waals surface area (Å²) in [6.07, 6.45) is 7.53. The lowest BCUT2D eigenvalue weighted by molar-refractivity contribution is -0.154. The van der Waals surface area contributed by atoms with Crippen molar-refractivity contribution in [2.24, 2.45) is 17.8 Å². The molecule has 0 bridgehead atoms. The van der Waals surface area contributed by atoms with Crippen molar-refractivity contribution in [2.45, 2.75) is 31.3 Å². The molecule has 2 nitrogen and oxygen atoms in total. The maximum Gasteiger partial charge on any atom is 0.310 e. The van der Waals surface area contributed by atoms with Crippen molar-refractivity contribution in [2.75, 3.05) is 0 Å². The maximum atomic E-state index is 12.4. The van der Waals surface area contributed by atoms with E-state index in [0.717, 1.165) is 25.7 Å². The first-order valence-corrected chi connectivity index (χ1v) is 7.71.